The highest BCUT2D eigenvalue weighted by molar-refractivity contribution is 7.11. The maximum atomic E-state index is 12.4. The first-order valence-electron chi connectivity index (χ1n) is 9.45. The number of carbonyl (C=O) groups is 2. The number of aromatic nitrogens is 1. The number of hydrogen-bond acceptors (Lipinski definition) is 7. The lowest BCUT2D eigenvalue weighted by Gasteiger charge is -2.06. The van der Waals surface area contributed by atoms with Crippen molar-refractivity contribution in [1.82, 2.24) is 9.99 Å². The normalized spacial score (nSPS) is 10.8. The summed E-state index contributed by atoms with van der Waals surface area (Å²) in [4.78, 5) is 36.1. The van der Waals surface area contributed by atoms with Gasteiger partial charge in [-0.3, -0.25) is 14.2 Å². The molecule has 1 amide bonds. The van der Waals surface area contributed by atoms with Gasteiger partial charge in [-0.2, -0.15) is 5.10 Å². The molecule has 0 saturated heterocycles. The van der Waals surface area contributed by atoms with Crippen LogP contribution < -0.4 is 15.0 Å². The lowest BCUT2D eigenvalue weighted by Crippen LogP contribution is -2.24. The third-order valence-corrected chi connectivity index (χ3v) is 5.71. The Morgan fingerprint density at radius 1 is 1.22 bits per heavy atom. The summed E-state index contributed by atoms with van der Waals surface area (Å²) >= 11 is 7.22. The molecule has 1 heterocycles. The van der Waals surface area contributed by atoms with E-state index in [0.29, 0.717) is 21.8 Å². The van der Waals surface area contributed by atoms with Gasteiger partial charge in [0.25, 0.3) is 5.91 Å². The summed E-state index contributed by atoms with van der Waals surface area (Å²) in [5, 5.41) is 4.03. The van der Waals surface area contributed by atoms with Crippen LogP contribution in [-0.2, 0) is 16.1 Å². The van der Waals surface area contributed by atoms with Crippen molar-refractivity contribution in [3.63, 3.8) is 0 Å². The summed E-state index contributed by atoms with van der Waals surface area (Å²) in [7, 11) is 1.30. The average molecular weight is 474 g/mol. The highest BCUT2D eigenvalue weighted by Crippen LogP contribution is 2.19. The molecule has 3 aromatic rings. The number of nitrogens with zero attached hydrogens (tertiary/aromatic N) is 2. The Morgan fingerprint density at radius 2 is 2.00 bits per heavy atom. The van der Waals surface area contributed by atoms with Crippen molar-refractivity contribution < 1.29 is 19.1 Å². The third-order valence-electron chi connectivity index (χ3n) is 4.28. The molecule has 0 radical (unpaired) electrons. The van der Waals surface area contributed by atoms with E-state index in [1.807, 2.05) is 25.1 Å². The smallest absolute Gasteiger partial charge is 0.337 e. The summed E-state index contributed by atoms with van der Waals surface area (Å²) in [6.45, 7) is 1.89. The zero-order valence-corrected chi connectivity index (χ0v) is 18.9. The Balaban J connectivity index is 1.62. The van der Waals surface area contributed by atoms with Crippen LogP contribution in [0.2, 0.25) is 5.15 Å². The summed E-state index contributed by atoms with van der Waals surface area (Å²) in [6.07, 6.45) is 1.31. The van der Waals surface area contributed by atoms with Crippen LogP contribution in [0.5, 0.6) is 5.75 Å². The molecule has 2 aromatic carbocycles. The predicted molar refractivity (Wildman–Crippen MR) is 123 cm³/mol. The van der Waals surface area contributed by atoms with Crippen molar-refractivity contribution in [2.24, 2.45) is 5.10 Å². The maximum absolute atomic E-state index is 12.4. The van der Waals surface area contributed by atoms with Crippen molar-refractivity contribution in [3.8, 4) is 5.75 Å². The van der Waals surface area contributed by atoms with E-state index >= 15 is 0 Å². The fourth-order valence-electron chi connectivity index (χ4n) is 2.76. The molecule has 0 bridgehead atoms. The Hall–Kier alpha value is -3.43. The van der Waals surface area contributed by atoms with Crippen LogP contribution >= 0.6 is 22.9 Å². The average Bonchev–Trinajstić information content (AvgIpc) is 3.05. The van der Waals surface area contributed by atoms with E-state index in [1.165, 1.54) is 17.9 Å². The molecule has 166 valence electrons. The molecule has 0 fully saturated rings. The van der Waals surface area contributed by atoms with Gasteiger partial charge in [0.1, 0.15) is 10.9 Å². The molecule has 10 heteroatoms. The number of hydrazone groups is 1. The van der Waals surface area contributed by atoms with Crippen LogP contribution in [0.4, 0.5) is 0 Å². The van der Waals surface area contributed by atoms with E-state index in [4.69, 9.17) is 21.1 Å². The van der Waals surface area contributed by atoms with E-state index in [0.717, 1.165) is 16.9 Å². The molecular weight excluding hydrogens is 454 g/mol. The molecular formula is C22H20ClN3O5S. The van der Waals surface area contributed by atoms with Crippen LogP contribution in [0.1, 0.15) is 26.4 Å². The summed E-state index contributed by atoms with van der Waals surface area (Å²) in [6, 6.07) is 14.1. The van der Waals surface area contributed by atoms with E-state index < -0.39 is 11.9 Å². The summed E-state index contributed by atoms with van der Waals surface area (Å²) < 4.78 is 11.5. The Morgan fingerprint density at radius 3 is 2.75 bits per heavy atom. The zero-order valence-electron chi connectivity index (χ0n) is 17.3. The Kier molecular flexibility index (Phi) is 7.80. The van der Waals surface area contributed by atoms with Crippen molar-refractivity contribution in [2.75, 3.05) is 13.7 Å². The molecule has 0 atom stereocenters. The second kappa shape index (κ2) is 10.7. The topological polar surface area (TPSA) is 99.0 Å². The fourth-order valence-corrected chi connectivity index (χ4v) is 3.87. The molecule has 1 aromatic heterocycles. The lowest BCUT2D eigenvalue weighted by molar-refractivity contribution is -0.123. The monoisotopic (exact) mass is 473 g/mol. The minimum atomic E-state index is -0.467. The number of rotatable bonds is 8. The largest absolute Gasteiger partial charge is 0.484 e. The number of thiazole rings is 1. The quantitative estimate of drug-likeness (QED) is 0.307. The van der Waals surface area contributed by atoms with Crippen LogP contribution in [0, 0.1) is 6.92 Å². The molecule has 8 nitrogen and oxygen atoms in total. The van der Waals surface area contributed by atoms with Crippen LogP contribution in [0.3, 0.4) is 0 Å². The summed E-state index contributed by atoms with van der Waals surface area (Å²) in [5.41, 5.74) is 4.44. The predicted octanol–water partition coefficient (Wildman–Crippen LogP) is 3.24. The second-order valence-corrected chi connectivity index (χ2v) is 8.05. The van der Waals surface area contributed by atoms with Gasteiger partial charge in [-0.25, -0.2) is 10.2 Å². The van der Waals surface area contributed by atoms with E-state index in [9.17, 15) is 14.4 Å². The summed E-state index contributed by atoms with van der Waals surface area (Å²) in [5.74, 6) is -0.338. The minimum absolute atomic E-state index is 0.170. The molecule has 0 aliphatic carbocycles. The van der Waals surface area contributed by atoms with E-state index in [2.05, 4.69) is 10.5 Å². The van der Waals surface area contributed by atoms with Crippen LogP contribution in [0.15, 0.2) is 58.4 Å². The van der Waals surface area contributed by atoms with Crippen molar-refractivity contribution in [2.45, 2.75) is 13.5 Å². The molecule has 0 unspecified atom stereocenters. The molecule has 0 aliphatic rings. The highest BCUT2D eigenvalue weighted by atomic mass is 35.5. The first-order valence-corrected chi connectivity index (χ1v) is 10.6. The van der Waals surface area contributed by atoms with Gasteiger partial charge in [-0.15, -0.1) is 0 Å². The number of methoxy groups -OCH3 is 1. The number of aryl methyl sites for hydroxylation is 1. The van der Waals surface area contributed by atoms with E-state index in [1.54, 1.807) is 30.3 Å². The molecule has 0 spiro atoms. The number of carbonyl (C=O) groups excluding carboxylic acids is 2. The number of benzene rings is 2. The lowest BCUT2D eigenvalue weighted by atomic mass is 10.1. The van der Waals surface area contributed by atoms with Gasteiger partial charge in [-0.1, -0.05) is 47.2 Å². The number of halogens is 1. The SMILES string of the molecule is COC(=O)c1cccc(Cn2c(Cl)c(/C=N/NC(=O)COc3cccc(C)c3)sc2=O)c1. The number of nitrogens with one attached hydrogen (secondary N) is 1. The number of hydrogen-bond donors (Lipinski definition) is 1. The fraction of sp³-hybridized carbons (Fsp3) is 0.182. The minimum Gasteiger partial charge on any atom is -0.484 e. The third kappa shape index (κ3) is 6.05. The molecule has 32 heavy (non-hydrogen) atoms. The first-order chi connectivity index (χ1) is 15.4. The molecule has 0 saturated carbocycles. The van der Waals surface area contributed by atoms with E-state index in [-0.39, 0.29) is 23.2 Å². The van der Waals surface area contributed by atoms with Gasteiger partial charge in [-0.05, 0) is 42.3 Å². The number of amides is 1. The van der Waals surface area contributed by atoms with Gasteiger partial charge < -0.3 is 9.47 Å². The Labute approximate surface area is 193 Å². The Bertz CT molecular complexity index is 1220. The van der Waals surface area contributed by atoms with Gasteiger partial charge >= 0.3 is 10.8 Å². The maximum Gasteiger partial charge on any atom is 0.337 e. The van der Waals surface area contributed by atoms with Crippen LogP contribution in [0.25, 0.3) is 0 Å². The van der Waals surface area contributed by atoms with Crippen molar-refractivity contribution in [1.29, 1.82) is 0 Å². The first kappa shape index (κ1) is 23.2. The number of esters is 1. The van der Waals surface area contributed by atoms with Crippen molar-refractivity contribution in [3.05, 3.63) is 84.9 Å². The standard InChI is InChI=1S/C22H20ClN3O5S/c1-14-5-3-8-17(9-14)31-13-19(27)25-24-11-18-20(23)26(22(29)32-18)12-15-6-4-7-16(10-15)21(28)30-2/h3-11H,12-13H2,1-2H3,(H,25,27)/b24-11+. The van der Waals surface area contributed by atoms with Crippen molar-refractivity contribution >= 4 is 41.0 Å². The molecule has 1 N–H and O–H groups in total. The zero-order chi connectivity index (χ0) is 23.1. The highest BCUT2D eigenvalue weighted by Gasteiger charge is 2.13. The van der Waals surface area contributed by atoms with Gasteiger partial charge in [0.05, 0.1) is 30.3 Å². The van der Waals surface area contributed by atoms with Crippen LogP contribution in [-0.4, -0.2) is 36.4 Å². The van der Waals surface area contributed by atoms with Gasteiger partial charge in [0.2, 0.25) is 0 Å². The number of ether oxygens (including phenoxy) is 2. The second-order valence-electron chi connectivity index (χ2n) is 6.70. The molecule has 0 aliphatic heterocycles. The van der Waals surface area contributed by atoms with Gasteiger partial charge in [0.15, 0.2) is 6.61 Å². The van der Waals surface area contributed by atoms with Gasteiger partial charge in [0, 0.05) is 0 Å². The molecule has 3 rings (SSSR count).